The fourth-order valence-corrected chi connectivity index (χ4v) is 2.60. The standard InChI is InChI=1S/C15H22N2O/c16-10-4-7-15(18)17-11-8-14(9-12-17)13-5-2-1-3-6-13/h1-3,5-6,14H,4,7-12,16H2. The van der Waals surface area contributed by atoms with E-state index in [9.17, 15) is 4.79 Å². The molecule has 1 aromatic rings. The van der Waals surface area contributed by atoms with E-state index >= 15 is 0 Å². The molecule has 1 aliphatic heterocycles. The Morgan fingerprint density at radius 3 is 2.50 bits per heavy atom. The summed E-state index contributed by atoms with van der Waals surface area (Å²) in [6.45, 7) is 2.39. The first-order chi connectivity index (χ1) is 8.81. The van der Waals surface area contributed by atoms with Gasteiger partial charge >= 0.3 is 0 Å². The van der Waals surface area contributed by atoms with E-state index < -0.39 is 0 Å². The van der Waals surface area contributed by atoms with Crippen LogP contribution in [0.25, 0.3) is 0 Å². The summed E-state index contributed by atoms with van der Waals surface area (Å²) in [6, 6.07) is 10.6. The van der Waals surface area contributed by atoms with E-state index in [1.54, 1.807) is 0 Å². The summed E-state index contributed by atoms with van der Waals surface area (Å²) < 4.78 is 0. The molecular weight excluding hydrogens is 224 g/mol. The maximum atomic E-state index is 11.9. The topological polar surface area (TPSA) is 46.3 Å². The average Bonchev–Trinajstić information content (AvgIpc) is 2.46. The largest absolute Gasteiger partial charge is 0.343 e. The van der Waals surface area contributed by atoms with Crippen LogP contribution in [-0.2, 0) is 4.79 Å². The molecule has 1 aromatic carbocycles. The highest BCUT2D eigenvalue weighted by Gasteiger charge is 2.22. The molecule has 1 fully saturated rings. The van der Waals surface area contributed by atoms with Crippen molar-refractivity contribution in [3.8, 4) is 0 Å². The molecular formula is C15H22N2O. The van der Waals surface area contributed by atoms with E-state index in [-0.39, 0.29) is 5.91 Å². The monoisotopic (exact) mass is 246 g/mol. The van der Waals surface area contributed by atoms with Gasteiger partial charge in [-0.3, -0.25) is 4.79 Å². The average molecular weight is 246 g/mol. The smallest absolute Gasteiger partial charge is 0.222 e. The second-order valence-electron chi connectivity index (χ2n) is 4.96. The van der Waals surface area contributed by atoms with Crippen LogP contribution in [0.4, 0.5) is 0 Å². The molecule has 98 valence electrons. The normalized spacial score (nSPS) is 16.8. The predicted octanol–water partition coefficient (Wildman–Crippen LogP) is 2.13. The van der Waals surface area contributed by atoms with Crippen molar-refractivity contribution in [1.82, 2.24) is 4.90 Å². The summed E-state index contributed by atoms with van der Waals surface area (Å²) in [7, 11) is 0. The first kappa shape index (κ1) is 13.1. The lowest BCUT2D eigenvalue weighted by Crippen LogP contribution is -2.38. The van der Waals surface area contributed by atoms with Crippen LogP contribution in [0.5, 0.6) is 0 Å². The summed E-state index contributed by atoms with van der Waals surface area (Å²) in [5.41, 5.74) is 6.84. The van der Waals surface area contributed by atoms with Crippen LogP contribution in [-0.4, -0.2) is 30.4 Å². The van der Waals surface area contributed by atoms with Crippen molar-refractivity contribution in [2.24, 2.45) is 5.73 Å². The fourth-order valence-electron chi connectivity index (χ4n) is 2.60. The van der Waals surface area contributed by atoms with Crippen LogP contribution in [0.2, 0.25) is 0 Å². The van der Waals surface area contributed by atoms with Crippen LogP contribution >= 0.6 is 0 Å². The summed E-state index contributed by atoms with van der Waals surface area (Å²) in [6.07, 6.45) is 3.57. The molecule has 1 heterocycles. The Kier molecular flexibility index (Phi) is 4.76. The zero-order valence-electron chi connectivity index (χ0n) is 10.8. The molecule has 0 radical (unpaired) electrons. The third kappa shape index (κ3) is 3.33. The molecule has 3 heteroatoms. The molecule has 1 aliphatic rings. The van der Waals surface area contributed by atoms with Gasteiger partial charge in [0.15, 0.2) is 0 Å². The number of hydrogen-bond donors (Lipinski definition) is 1. The molecule has 0 aliphatic carbocycles. The Bertz CT molecular complexity index is 369. The minimum atomic E-state index is 0.270. The molecule has 18 heavy (non-hydrogen) atoms. The molecule has 0 bridgehead atoms. The van der Waals surface area contributed by atoms with Crippen molar-refractivity contribution in [1.29, 1.82) is 0 Å². The van der Waals surface area contributed by atoms with Gasteiger partial charge in [0.05, 0.1) is 0 Å². The van der Waals surface area contributed by atoms with Gasteiger partial charge in [0, 0.05) is 19.5 Å². The molecule has 0 aromatic heterocycles. The Labute approximate surface area is 109 Å². The molecule has 1 saturated heterocycles. The number of rotatable bonds is 4. The highest BCUT2D eigenvalue weighted by molar-refractivity contribution is 5.76. The van der Waals surface area contributed by atoms with Crippen molar-refractivity contribution in [2.45, 2.75) is 31.6 Å². The minimum Gasteiger partial charge on any atom is -0.343 e. The summed E-state index contributed by atoms with van der Waals surface area (Å²) >= 11 is 0. The van der Waals surface area contributed by atoms with Gasteiger partial charge in [-0.1, -0.05) is 30.3 Å². The van der Waals surface area contributed by atoms with Gasteiger partial charge in [0.2, 0.25) is 5.91 Å². The van der Waals surface area contributed by atoms with Crippen molar-refractivity contribution in [3.05, 3.63) is 35.9 Å². The van der Waals surface area contributed by atoms with E-state index in [0.29, 0.717) is 18.9 Å². The number of carbonyl (C=O) groups is 1. The third-order valence-corrected chi connectivity index (χ3v) is 3.71. The summed E-state index contributed by atoms with van der Waals surface area (Å²) in [4.78, 5) is 13.9. The summed E-state index contributed by atoms with van der Waals surface area (Å²) in [5, 5.41) is 0. The number of amides is 1. The SMILES string of the molecule is NCCCC(=O)N1CCC(c2ccccc2)CC1. The predicted molar refractivity (Wildman–Crippen MR) is 73.3 cm³/mol. The maximum Gasteiger partial charge on any atom is 0.222 e. The first-order valence-corrected chi connectivity index (χ1v) is 6.84. The number of benzene rings is 1. The van der Waals surface area contributed by atoms with E-state index in [0.717, 1.165) is 32.4 Å². The van der Waals surface area contributed by atoms with Crippen LogP contribution in [0, 0.1) is 0 Å². The van der Waals surface area contributed by atoms with Crippen LogP contribution in [0.15, 0.2) is 30.3 Å². The summed E-state index contributed by atoms with van der Waals surface area (Å²) in [5.74, 6) is 0.886. The van der Waals surface area contributed by atoms with Gasteiger partial charge in [0.25, 0.3) is 0 Å². The number of carbonyl (C=O) groups excluding carboxylic acids is 1. The Balaban J connectivity index is 1.83. The first-order valence-electron chi connectivity index (χ1n) is 6.84. The zero-order chi connectivity index (χ0) is 12.8. The quantitative estimate of drug-likeness (QED) is 0.884. The molecule has 1 amide bonds. The van der Waals surface area contributed by atoms with Crippen molar-refractivity contribution in [3.63, 3.8) is 0 Å². The van der Waals surface area contributed by atoms with Crippen LogP contribution in [0.1, 0.15) is 37.2 Å². The van der Waals surface area contributed by atoms with Crippen molar-refractivity contribution < 1.29 is 4.79 Å². The number of hydrogen-bond acceptors (Lipinski definition) is 2. The highest BCUT2D eigenvalue weighted by Crippen LogP contribution is 2.27. The van der Waals surface area contributed by atoms with Gasteiger partial charge in [-0.15, -0.1) is 0 Å². The molecule has 0 unspecified atom stereocenters. The highest BCUT2D eigenvalue weighted by atomic mass is 16.2. The number of likely N-dealkylation sites (tertiary alicyclic amines) is 1. The van der Waals surface area contributed by atoms with Crippen LogP contribution < -0.4 is 5.73 Å². The zero-order valence-corrected chi connectivity index (χ0v) is 10.8. The van der Waals surface area contributed by atoms with Gasteiger partial charge in [0.1, 0.15) is 0 Å². The maximum absolute atomic E-state index is 11.9. The van der Waals surface area contributed by atoms with Gasteiger partial charge in [-0.25, -0.2) is 0 Å². The Hall–Kier alpha value is -1.35. The van der Waals surface area contributed by atoms with E-state index in [2.05, 4.69) is 30.3 Å². The van der Waals surface area contributed by atoms with Gasteiger partial charge in [-0.2, -0.15) is 0 Å². The minimum absolute atomic E-state index is 0.270. The molecule has 2 N–H and O–H groups in total. The van der Waals surface area contributed by atoms with Gasteiger partial charge in [-0.05, 0) is 37.3 Å². The Morgan fingerprint density at radius 2 is 1.89 bits per heavy atom. The molecule has 0 atom stereocenters. The lowest BCUT2D eigenvalue weighted by Gasteiger charge is -2.32. The van der Waals surface area contributed by atoms with E-state index in [4.69, 9.17) is 5.73 Å². The molecule has 0 spiro atoms. The number of nitrogens with two attached hydrogens (primary N) is 1. The second kappa shape index (κ2) is 6.55. The lowest BCUT2D eigenvalue weighted by molar-refractivity contribution is -0.132. The Morgan fingerprint density at radius 1 is 1.22 bits per heavy atom. The molecule has 0 saturated carbocycles. The van der Waals surface area contributed by atoms with Crippen LogP contribution in [0.3, 0.4) is 0 Å². The van der Waals surface area contributed by atoms with E-state index in [1.165, 1.54) is 5.56 Å². The van der Waals surface area contributed by atoms with E-state index in [1.807, 2.05) is 4.90 Å². The van der Waals surface area contributed by atoms with Crippen molar-refractivity contribution in [2.75, 3.05) is 19.6 Å². The number of piperidine rings is 1. The molecule has 3 nitrogen and oxygen atoms in total. The molecule has 2 rings (SSSR count). The fraction of sp³-hybridized carbons (Fsp3) is 0.533. The second-order valence-corrected chi connectivity index (χ2v) is 4.96. The lowest BCUT2D eigenvalue weighted by atomic mass is 9.89. The third-order valence-electron chi connectivity index (χ3n) is 3.71. The number of nitrogens with zero attached hydrogens (tertiary/aromatic N) is 1. The van der Waals surface area contributed by atoms with Gasteiger partial charge < -0.3 is 10.6 Å². The van der Waals surface area contributed by atoms with Crippen molar-refractivity contribution >= 4 is 5.91 Å².